The number of anilines is 1. The van der Waals surface area contributed by atoms with Crippen LogP contribution in [-0.2, 0) is 30.2 Å². The predicted molar refractivity (Wildman–Crippen MR) is 123 cm³/mol. The molecule has 0 N–H and O–H groups in total. The number of nitrogens with zero attached hydrogens (tertiary/aromatic N) is 4. The Morgan fingerprint density at radius 2 is 1.85 bits per heavy atom. The topological polar surface area (TPSA) is 42.7 Å². The molecule has 1 aromatic carbocycles. The number of hydrogen-bond acceptors (Lipinski definition) is 4. The fourth-order valence-corrected chi connectivity index (χ4v) is 4.45. The van der Waals surface area contributed by atoms with Gasteiger partial charge in [-0.2, -0.15) is 13.2 Å². The average molecular weight is 461 g/mol. The molecule has 0 amide bonds. The lowest BCUT2D eigenvalue weighted by Gasteiger charge is -2.28. The molecule has 3 aromatic rings. The molecular weight excluding hydrogens is 429 g/mol. The third-order valence-corrected chi connectivity index (χ3v) is 6.42. The third kappa shape index (κ3) is 4.86. The van der Waals surface area contributed by atoms with Gasteiger partial charge >= 0.3 is 6.18 Å². The fourth-order valence-electron chi connectivity index (χ4n) is 4.45. The molecule has 178 valence electrons. The maximum atomic E-state index is 13.5. The van der Waals surface area contributed by atoms with Crippen LogP contribution in [0.5, 0.6) is 0 Å². The number of aryl methyl sites for hydroxylation is 2. The van der Waals surface area contributed by atoms with Crippen LogP contribution in [0.1, 0.15) is 60.3 Å². The van der Waals surface area contributed by atoms with Gasteiger partial charge in [0, 0.05) is 25.1 Å². The summed E-state index contributed by atoms with van der Waals surface area (Å²) in [5.41, 5.74) is 4.04. The Morgan fingerprint density at radius 1 is 1.09 bits per heavy atom. The second-order valence-corrected chi connectivity index (χ2v) is 8.59. The number of fused-ring (bicyclic) bond motifs is 1. The maximum absolute atomic E-state index is 13.5. The van der Waals surface area contributed by atoms with Crippen molar-refractivity contribution in [1.29, 1.82) is 0 Å². The van der Waals surface area contributed by atoms with E-state index in [2.05, 4.69) is 24.8 Å². The Hall–Kier alpha value is -2.61. The van der Waals surface area contributed by atoms with Crippen molar-refractivity contribution in [3.8, 4) is 0 Å². The second-order valence-electron chi connectivity index (χ2n) is 8.59. The van der Waals surface area contributed by atoms with Crippen LogP contribution in [0.25, 0.3) is 5.65 Å². The summed E-state index contributed by atoms with van der Waals surface area (Å²) in [6.45, 7) is 8.61. The minimum atomic E-state index is -4.37. The molecule has 1 aliphatic rings. The number of ether oxygens (including phenoxy) is 1. The van der Waals surface area contributed by atoms with E-state index in [0.717, 1.165) is 73.3 Å². The van der Waals surface area contributed by atoms with Crippen LogP contribution in [0, 0.1) is 6.92 Å². The normalized spacial score (nSPS) is 14.9. The molecule has 3 heterocycles. The molecule has 1 saturated heterocycles. The van der Waals surface area contributed by atoms with Crippen molar-refractivity contribution in [3.05, 3.63) is 57.9 Å². The molecule has 0 bridgehead atoms. The Kier molecular flexibility index (Phi) is 6.93. The Bertz CT molecular complexity index is 1120. The first kappa shape index (κ1) is 23.5. The second kappa shape index (κ2) is 9.71. The summed E-state index contributed by atoms with van der Waals surface area (Å²) in [7, 11) is 0. The summed E-state index contributed by atoms with van der Waals surface area (Å²) in [4.78, 5) is 7.14. The molecule has 4 rings (SSSR count). The zero-order valence-corrected chi connectivity index (χ0v) is 19.5. The third-order valence-electron chi connectivity index (χ3n) is 6.42. The highest BCUT2D eigenvalue weighted by Crippen LogP contribution is 2.34. The molecule has 0 atom stereocenters. The van der Waals surface area contributed by atoms with Crippen molar-refractivity contribution >= 4 is 11.5 Å². The van der Waals surface area contributed by atoms with Crippen LogP contribution in [0.2, 0.25) is 0 Å². The summed E-state index contributed by atoms with van der Waals surface area (Å²) in [5.74, 6) is 0.865. The highest BCUT2D eigenvalue weighted by Gasteiger charge is 2.33. The van der Waals surface area contributed by atoms with Gasteiger partial charge in [0.1, 0.15) is 5.82 Å². The number of halogens is 3. The number of hydrogen-bond donors (Lipinski definition) is 0. The van der Waals surface area contributed by atoms with Crippen LogP contribution in [0.4, 0.5) is 19.0 Å². The largest absolute Gasteiger partial charge is 0.416 e. The summed E-state index contributed by atoms with van der Waals surface area (Å²) in [6, 6.07) is 6.51. The smallest absolute Gasteiger partial charge is 0.378 e. The Labute approximate surface area is 192 Å². The highest BCUT2D eigenvalue weighted by atomic mass is 19.4. The molecule has 0 spiro atoms. The van der Waals surface area contributed by atoms with Gasteiger partial charge < -0.3 is 9.64 Å². The molecular formula is C25H31F3N4O. The highest BCUT2D eigenvalue weighted by molar-refractivity contribution is 5.56. The van der Waals surface area contributed by atoms with Crippen molar-refractivity contribution in [1.82, 2.24) is 14.6 Å². The molecule has 0 unspecified atom stereocenters. The van der Waals surface area contributed by atoms with Gasteiger partial charge in [-0.25, -0.2) is 9.50 Å². The van der Waals surface area contributed by atoms with E-state index in [1.54, 1.807) is 13.0 Å². The molecule has 33 heavy (non-hydrogen) atoms. The number of benzene rings is 1. The number of imidazole rings is 1. The van der Waals surface area contributed by atoms with Crippen LogP contribution in [0.3, 0.4) is 0 Å². The van der Waals surface area contributed by atoms with E-state index in [-0.39, 0.29) is 5.56 Å². The fraction of sp³-hybridized carbons (Fsp3) is 0.520. The maximum Gasteiger partial charge on any atom is 0.416 e. The van der Waals surface area contributed by atoms with Gasteiger partial charge in [-0.05, 0) is 49.4 Å². The van der Waals surface area contributed by atoms with E-state index in [0.29, 0.717) is 25.2 Å². The lowest BCUT2D eigenvalue weighted by atomic mass is 9.97. The van der Waals surface area contributed by atoms with Gasteiger partial charge in [0.25, 0.3) is 0 Å². The molecule has 2 aromatic heterocycles. The predicted octanol–water partition coefficient (Wildman–Crippen LogP) is 5.39. The minimum Gasteiger partial charge on any atom is -0.378 e. The van der Waals surface area contributed by atoms with Crippen molar-refractivity contribution in [3.63, 3.8) is 0 Å². The van der Waals surface area contributed by atoms with E-state index in [1.165, 1.54) is 6.07 Å². The Balaban J connectivity index is 1.84. The van der Waals surface area contributed by atoms with Gasteiger partial charge in [0.2, 0.25) is 0 Å². The van der Waals surface area contributed by atoms with Gasteiger partial charge in [-0.3, -0.25) is 0 Å². The molecule has 5 nitrogen and oxygen atoms in total. The standard InChI is InChI=1S/C25H31F3N4O/c1-4-6-10-21-22(15-19-8-7-9-20(17(19)3)25(26,27)28)32-24(29-21)18(5-2)16-23(30-32)31-11-13-33-14-12-31/h7-9,16H,4-6,10-15H2,1-3H3. The SMILES string of the molecule is CCCCc1nc2c(CC)cc(N3CCOCC3)nn2c1Cc1cccc(C(F)(F)F)c1C. The number of alkyl halides is 3. The van der Waals surface area contributed by atoms with Crippen molar-refractivity contribution in [2.45, 2.75) is 59.1 Å². The minimum absolute atomic E-state index is 0.265. The lowest BCUT2D eigenvalue weighted by Crippen LogP contribution is -2.37. The first-order chi connectivity index (χ1) is 15.8. The van der Waals surface area contributed by atoms with E-state index < -0.39 is 11.7 Å². The summed E-state index contributed by atoms with van der Waals surface area (Å²) in [5, 5.41) is 4.94. The molecule has 0 aliphatic carbocycles. The van der Waals surface area contributed by atoms with Gasteiger partial charge in [0.05, 0.1) is 30.2 Å². The quantitative estimate of drug-likeness (QED) is 0.474. The monoisotopic (exact) mass is 460 g/mol. The summed E-state index contributed by atoms with van der Waals surface area (Å²) >= 11 is 0. The van der Waals surface area contributed by atoms with E-state index in [9.17, 15) is 13.2 Å². The van der Waals surface area contributed by atoms with E-state index in [1.807, 2.05) is 4.52 Å². The van der Waals surface area contributed by atoms with E-state index in [4.69, 9.17) is 14.8 Å². The number of aromatic nitrogens is 3. The van der Waals surface area contributed by atoms with Crippen molar-refractivity contribution in [2.75, 3.05) is 31.2 Å². The zero-order chi connectivity index (χ0) is 23.6. The summed E-state index contributed by atoms with van der Waals surface area (Å²) < 4.78 is 47.9. The number of unbranched alkanes of at least 4 members (excludes halogenated alkanes) is 1. The van der Waals surface area contributed by atoms with Crippen molar-refractivity contribution < 1.29 is 17.9 Å². The average Bonchev–Trinajstić information content (AvgIpc) is 3.15. The molecule has 8 heteroatoms. The number of rotatable bonds is 7. The van der Waals surface area contributed by atoms with E-state index >= 15 is 0 Å². The molecule has 0 saturated carbocycles. The lowest BCUT2D eigenvalue weighted by molar-refractivity contribution is -0.138. The zero-order valence-electron chi connectivity index (χ0n) is 19.5. The van der Waals surface area contributed by atoms with Gasteiger partial charge in [-0.15, -0.1) is 5.10 Å². The van der Waals surface area contributed by atoms with Crippen molar-refractivity contribution in [2.24, 2.45) is 0 Å². The van der Waals surface area contributed by atoms with Crippen LogP contribution < -0.4 is 4.90 Å². The van der Waals surface area contributed by atoms with Gasteiger partial charge in [-0.1, -0.05) is 32.4 Å². The summed E-state index contributed by atoms with van der Waals surface area (Å²) in [6.07, 6.45) is -0.446. The first-order valence-electron chi connectivity index (χ1n) is 11.7. The van der Waals surface area contributed by atoms with Crippen LogP contribution in [0.15, 0.2) is 24.3 Å². The van der Waals surface area contributed by atoms with Gasteiger partial charge in [0.15, 0.2) is 5.65 Å². The van der Waals surface area contributed by atoms with Crippen LogP contribution >= 0.6 is 0 Å². The first-order valence-corrected chi connectivity index (χ1v) is 11.7. The molecule has 0 radical (unpaired) electrons. The molecule has 1 fully saturated rings. The Morgan fingerprint density at radius 3 is 2.52 bits per heavy atom. The molecule has 1 aliphatic heterocycles. The number of morpholine rings is 1. The van der Waals surface area contributed by atoms with Crippen LogP contribution in [-0.4, -0.2) is 40.9 Å².